The van der Waals surface area contributed by atoms with Crippen molar-refractivity contribution in [3.05, 3.63) is 39.8 Å². The number of esters is 1. The average molecular weight is 358 g/mol. The highest BCUT2D eigenvalue weighted by Gasteiger charge is 2.31. The zero-order valence-corrected chi connectivity index (χ0v) is 13.9. The van der Waals surface area contributed by atoms with Crippen molar-refractivity contribution in [1.29, 1.82) is 0 Å². The number of methoxy groups -OCH3 is 1. The van der Waals surface area contributed by atoms with Crippen LogP contribution >= 0.6 is 0 Å². The Labute approximate surface area is 141 Å². The summed E-state index contributed by atoms with van der Waals surface area (Å²) in [7, 11) is 1.37. The van der Waals surface area contributed by atoms with Crippen LogP contribution in [0, 0.1) is 0 Å². The quantitative estimate of drug-likeness (QED) is 0.769. The second-order valence-electron chi connectivity index (χ2n) is 5.29. The lowest BCUT2D eigenvalue weighted by Gasteiger charge is -2.16. The van der Waals surface area contributed by atoms with Gasteiger partial charge < -0.3 is 9.47 Å². The van der Waals surface area contributed by atoms with Crippen molar-refractivity contribution in [1.82, 2.24) is 9.78 Å². The molecule has 0 aliphatic carbocycles. The number of hydrogen-bond donors (Lipinski definition) is 0. The molecule has 1 heterocycles. The molecule has 136 valence electrons. The molecule has 0 saturated heterocycles. The summed E-state index contributed by atoms with van der Waals surface area (Å²) in [6.07, 6.45) is -5.23. The summed E-state index contributed by atoms with van der Waals surface area (Å²) < 4.78 is 49.7. The maximum Gasteiger partial charge on any atom is 0.416 e. The van der Waals surface area contributed by atoms with Crippen molar-refractivity contribution < 1.29 is 27.4 Å². The van der Waals surface area contributed by atoms with E-state index in [9.17, 15) is 22.8 Å². The molecule has 6 nitrogen and oxygen atoms in total. The van der Waals surface area contributed by atoms with E-state index >= 15 is 0 Å². The van der Waals surface area contributed by atoms with Gasteiger partial charge in [0.2, 0.25) is 0 Å². The Morgan fingerprint density at radius 3 is 2.56 bits per heavy atom. The van der Waals surface area contributed by atoms with Crippen LogP contribution < -0.4 is 5.56 Å². The molecule has 0 saturated carbocycles. The molecule has 0 radical (unpaired) electrons. The smallest absolute Gasteiger partial charge is 0.416 e. The molecule has 2 rings (SSSR count). The number of benzene rings is 1. The minimum absolute atomic E-state index is 0.0196. The van der Waals surface area contributed by atoms with Crippen molar-refractivity contribution in [3.63, 3.8) is 0 Å². The summed E-state index contributed by atoms with van der Waals surface area (Å²) in [4.78, 5) is 24.1. The fourth-order valence-corrected chi connectivity index (χ4v) is 2.34. The van der Waals surface area contributed by atoms with E-state index in [1.807, 2.05) is 0 Å². The molecule has 0 aliphatic heterocycles. The number of alkyl halides is 3. The lowest BCUT2D eigenvalue weighted by molar-refractivity contribution is -0.144. The minimum atomic E-state index is -4.55. The number of nitrogens with zero attached hydrogens (tertiary/aromatic N) is 2. The molecule has 1 aromatic carbocycles. The van der Waals surface area contributed by atoms with E-state index < -0.39 is 35.9 Å². The van der Waals surface area contributed by atoms with Gasteiger partial charge in [-0.25, -0.2) is 4.68 Å². The van der Waals surface area contributed by atoms with Crippen LogP contribution in [0.1, 0.15) is 31.2 Å². The van der Waals surface area contributed by atoms with Gasteiger partial charge in [-0.15, -0.1) is 0 Å². The Morgan fingerprint density at radius 1 is 1.32 bits per heavy atom. The molecule has 1 unspecified atom stereocenters. The lowest BCUT2D eigenvalue weighted by atomic mass is 10.0. The molecule has 0 fully saturated rings. The van der Waals surface area contributed by atoms with Crippen molar-refractivity contribution in [2.24, 2.45) is 0 Å². The Kier molecular flexibility index (Phi) is 5.46. The number of ether oxygens (including phenoxy) is 2. The van der Waals surface area contributed by atoms with Crippen LogP contribution in [0.15, 0.2) is 23.0 Å². The van der Waals surface area contributed by atoms with E-state index in [2.05, 4.69) is 5.10 Å². The van der Waals surface area contributed by atoms with Crippen LogP contribution in [0.3, 0.4) is 0 Å². The molecular formula is C16H17F3N2O4. The number of carbonyl (C=O) groups excluding carboxylic acids is 1. The molecule has 0 amide bonds. The van der Waals surface area contributed by atoms with E-state index in [0.29, 0.717) is 0 Å². The molecule has 9 heteroatoms. The highest BCUT2D eigenvalue weighted by molar-refractivity contribution is 5.85. The first-order chi connectivity index (χ1) is 11.7. The van der Waals surface area contributed by atoms with Crippen molar-refractivity contribution >= 4 is 16.7 Å². The average Bonchev–Trinajstić information content (AvgIpc) is 2.55. The Balaban J connectivity index is 2.70. The number of hydrogen-bond acceptors (Lipinski definition) is 5. The summed E-state index contributed by atoms with van der Waals surface area (Å²) in [5.74, 6) is -0.667. The lowest BCUT2D eigenvalue weighted by Crippen LogP contribution is -2.29. The molecule has 0 bridgehead atoms. The van der Waals surface area contributed by atoms with Gasteiger partial charge in [0.25, 0.3) is 5.56 Å². The van der Waals surface area contributed by atoms with Gasteiger partial charge in [-0.3, -0.25) is 9.59 Å². The fraction of sp³-hybridized carbons (Fsp3) is 0.438. The van der Waals surface area contributed by atoms with Crippen LogP contribution in [-0.4, -0.2) is 29.5 Å². The Bertz CT molecular complexity index is 846. The first-order valence-corrected chi connectivity index (χ1v) is 7.49. The van der Waals surface area contributed by atoms with E-state index in [1.54, 1.807) is 13.8 Å². The summed E-state index contributed by atoms with van der Waals surface area (Å²) in [6.45, 7) is 2.90. The first kappa shape index (κ1) is 18.9. The standard InChI is InChI=1S/C16H17F3N2O4/c1-4-25-13(22)8-21-15(23)11-6-5-10(16(17,18)19)7-12(11)14(20-21)9(2)24-3/h5-7,9H,4,8H2,1-3H3. The summed E-state index contributed by atoms with van der Waals surface area (Å²) in [5.41, 5.74) is -1.44. The number of carbonyl (C=O) groups is 1. The first-order valence-electron chi connectivity index (χ1n) is 7.49. The van der Waals surface area contributed by atoms with Gasteiger partial charge in [0, 0.05) is 12.5 Å². The van der Waals surface area contributed by atoms with Gasteiger partial charge in [-0.05, 0) is 32.0 Å². The zero-order valence-electron chi connectivity index (χ0n) is 13.9. The largest absolute Gasteiger partial charge is 0.465 e. The molecule has 0 spiro atoms. The van der Waals surface area contributed by atoms with Crippen LogP contribution in [0.4, 0.5) is 13.2 Å². The maximum atomic E-state index is 13.0. The normalized spacial score (nSPS) is 13.0. The highest BCUT2D eigenvalue weighted by Crippen LogP contribution is 2.32. The van der Waals surface area contributed by atoms with E-state index in [-0.39, 0.29) is 23.1 Å². The molecule has 0 N–H and O–H groups in total. The predicted molar refractivity (Wildman–Crippen MR) is 83.1 cm³/mol. The van der Waals surface area contributed by atoms with Crippen LogP contribution in [0.5, 0.6) is 0 Å². The molecule has 1 atom stereocenters. The monoisotopic (exact) mass is 358 g/mol. The van der Waals surface area contributed by atoms with Gasteiger partial charge >= 0.3 is 12.1 Å². The van der Waals surface area contributed by atoms with Gasteiger partial charge in [0.05, 0.1) is 29.4 Å². The van der Waals surface area contributed by atoms with Crippen LogP contribution in [-0.2, 0) is 27.0 Å². The number of rotatable bonds is 5. The number of halogens is 3. The van der Waals surface area contributed by atoms with E-state index in [1.165, 1.54) is 7.11 Å². The van der Waals surface area contributed by atoms with Crippen LogP contribution in [0.25, 0.3) is 10.8 Å². The summed E-state index contributed by atoms with van der Waals surface area (Å²) in [5, 5.41) is 4.08. The van der Waals surface area contributed by atoms with E-state index in [4.69, 9.17) is 9.47 Å². The second-order valence-corrected chi connectivity index (χ2v) is 5.29. The summed E-state index contributed by atoms with van der Waals surface area (Å²) in [6, 6.07) is 2.76. The predicted octanol–water partition coefficient (Wildman–Crippen LogP) is 2.69. The third-order valence-corrected chi connectivity index (χ3v) is 3.64. The zero-order chi connectivity index (χ0) is 18.8. The number of fused-ring (bicyclic) bond motifs is 1. The Morgan fingerprint density at radius 2 is 2.00 bits per heavy atom. The van der Waals surface area contributed by atoms with Gasteiger partial charge in [-0.2, -0.15) is 18.3 Å². The summed E-state index contributed by atoms with van der Waals surface area (Å²) >= 11 is 0. The molecule has 2 aromatic rings. The highest BCUT2D eigenvalue weighted by atomic mass is 19.4. The van der Waals surface area contributed by atoms with E-state index in [0.717, 1.165) is 22.9 Å². The van der Waals surface area contributed by atoms with Gasteiger partial charge in [0.15, 0.2) is 0 Å². The van der Waals surface area contributed by atoms with Gasteiger partial charge in [0.1, 0.15) is 6.54 Å². The Hall–Kier alpha value is -2.42. The van der Waals surface area contributed by atoms with Gasteiger partial charge in [-0.1, -0.05) is 0 Å². The molecule has 0 aliphatic rings. The van der Waals surface area contributed by atoms with Crippen molar-refractivity contribution in [3.8, 4) is 0 Å². The molecule has 25 heavy (non-hydrogen) atoms. The third kappa shape index (κ3) is 3.98. The SMILES string of the molecule is CCOC(=O)Cn1nc(C(C)OC)c2cc(C(F)(F)F)ccc2c1=O. The van der Waals surface area contributed by atoms with Crippen LogP contribution in [0.2, 0.25) is 0 Å². The fourth-order valence-electron chi connectivity index (χ4n) is 2.34. The minimum Gasteiger partial charge on any atom is -0.465 e. The second kappa shape index (κ2) is 7.22. The maximum absolute atomic E-state index is 13.0. The van der Waals surface area contributed by atoms with Crippen molar-refractivity contribution in [2.75, 3.05) is 13.7 Å². The number of aromatic nitrogens is 2. The molecule has 1 aromatic heterocycles. The molecular weight excluding hydrogens is 341 g/mol. The topological polar surface area (TPSA) is 70.4 Å². The van der Waals surface area contributed by atoms with Crippen molar-refractivity contribution in [2.45, 2.75) is 32.7 Å². The third-order valence-electron chi connectivity index (χ3n) is 3.64.